The van der Waals surface area contributed by atoms with E-state index in [4.69, 9.17) is 0 Å². The number of nitrogens with one attached hydrogen (secondary N) is 2. The number of rotatable bonds is 2. The molecule has 0 aliphatic carbocycles. The largest absolute Gasteiger partial charge is 0.417 e. The topological polar surface area (TPSA) is 58.2 Å². The third kappa shape index (κ3) is 2.93. The minimum absolute atomic E-state index is 0.0932. The van der Waals surface area contributed by atoms with Gasteiger partial charge in [-0.25, -0.2) is 4.79 Å². The third-order valence-corrected chi connectivity index (χ3v) is 3.85. The van der Waals surface area contributed by atoms with Crippen LogP contribution in [0.25, 0.3) is 0 Å². The summed E-state index contributed by atoms with van der Waals surface area (Å²) in [5.74, 6) is 0. The first kappa shape index (κ1) is 15.5. The van der Waals surface area contributed by atoms with Crippen LogP contribution in [0.2, 0.25) is 0 Å². The van der Waals surface area contributed by atoms with Crippen LogP contribution in [0.15, 0.2) is 29.5 Å². The van der Waals surface area contributed by atoms with Crippen LogP contribution in [-0.4, -0.2) is 12.3 Å². The average molecular weight is 316 g/mol. The molecule has 0 radical (unpaired) electrons. The maximum Gasteiger partial charge on any atom is 0.417 e. The Morgan fingerprint density at radius 1 is 1.33 bits per heavy atom. The zero-order valence-corrected chi connectivity index (χ0v) is 12.1. The molecule has 0 aromatic heterocycles. The number of halogens is 3. The van der Waals surface area contributed by atoms with Gasteiger partial charge < -0.3 is 10.6 Å². The molecule has 2 atom stereocenters. The zero-order valence-electron chi connectivity index (χ0n) is 10.9. The SMILES string of the molecule is CC1=C(C=O)C(c2cccc(C(F)(F)F)c2P)NC(=O)N1. The Bertz CT molecular complexity index is 641. The predicted molar refractivity (Wildman–Crippen MR) is 74.0 cm³/mol. The van der Waals surface area contributed by atoms with E-state index in [0.29, 0.717) is 12.0 Å². The molecule has 1 aromatic carbocycles. The van der Waals surface area contributed by atoms with Crippen molar-refractivity contribution in [1.82, 2.24) is 10.6 Å². The molecular weight excluding hydrogens is 304 g/mol. The van der Waals surface area contributed by atoms with Gasteiger partial charge in [-0.2, -0.15) is 13.2 Å². The number of amides is 2. The number of carbonyl (C=O) groups is 2. The van der Waals surface area contributed by atoms with E-state index in [2.05, 4.69) is 10.6 Å². The summed E-state index contributed by atoms with van der Waals surface area (Å²) >= 11 is 0. The molecular formula is C13H12F3N2O2P. The molecule has 4 nitrogen and oxygen atoms in total. The fraction of sp³-hybridized carbons (Fsp3) is 0.231. The fourth-order valence-electron chi connectivity index (χ4n) is 2.19. The second-order valence-electron chi connectivity index (χ2n) is 4.54. The lowest BCUT2D eigenvalue weighted by Gasteiger charge is -2.28. The number of allylic oxidation sites excluding steroid dienone is 1. The van der Waals surface area contributed by atoms with Gasteiger partial charge in [-0.1, -0.05) is 12.1 Å². The van der Waals surface area contributed by atoms with Gasteiger partial charge in [0.15, 0.2) is 0 Å². The van der Waals surface area contributed by atoms with E-state index in [9.17, 15) is 22.8 Å². The van der Waals surface area contributed by atoms with E-state index in [1.54, 1.807) is 0 Å². The van der Waals surface area contributed by atoms with Crippen LogP contribution in [0.4, 0.5) is 18.0 Å². The number of benzene rings is 1. The second kappa shape index (κ2) is 5.48. The van der Waals surface area contributed by atoms with Gasteiger partial charge in [0.05, 0.1) is 11.6 Å². The van der Waals surface area contributed by atoms with Crippen molar-refractivity contribution < 1.29 is 22.8 Å². The van der Waals surface area contributed by atoms with E-state index < -0.39 is 23.8 Å². The van der Waals surface area contributed by atoms with Crippen LogP contribution in [0.5, 0.6) is 0 Å². The summed E-state index contributed by atoms with van der Waals surface area (Å²) in [4.78, 5) is 22.7. The maximum absolute atomic E-state index is 12.9. The minimum atomic E-state index is -4.51. The van der Waals surface area contributed by atoms with E-state index in [1.807, 2.05) is 9.24 Å². The number of aldehydes is 1. The highest BCUT2D eigenvalue weighted by molar-refractivity contribution is 7.27. The molecule has 2 rings (SSSR count). The average Bonchev–Trinajstić information content (AvgIpc) is 2.36. The molecule has 1 aliphatic heterocycles. The fourth-order valence-corrected chi connectivity index (χ4v) is 2.71. The standard InChI is InChI=1S/C13H12F3N2O2P/c1-6-8(5-19)10(18-12(20)17-6)7-3-2-4-9(11(7)21)13(14,15)16/h2-5,10H,21H2,1H3,(H2,17,18,20). The lowest BCUT2D eigenvalue weighted by Crippen LogP contribution is -2.44. The molecule has 0 spiro atoms. The summed E-state index contributed by atoms with van der Waals surface area (Å²) in [6.07, 6.45) is -3.99. The molecule has 21 heavy (non-hydrogen) atoms. The summed E-state index contributed by atoms with van der Waals surface area (Å²) in [6, 6.07) is 2.17. The van der Waals surface area contributed by atoms with E-state index in [0.717, 1.165) is 6.07 Å². The summed E-state index contributed by atoms with van der Waals surface area (Å²) in [5.41, 5.74) is -0.0926. The Labute approximate surface area is 121 Å². The molecule has 1 aromatic rings. The molecule has 0 saturated carbocycles. The van der Waals surface area contributed by atoms with Gasteiger partial charge in [0, 0.05) is 11.3 Å². The summed E-state index contributed by atoms with van der Waals surface area (Å²) in [5, 5.41) is 4.78. The van der Waals surface area contributed by atoms with Gasteiger partial charge in [0.25, 0.3) is 0 Å². The monoisotopic (exact) mass is 316 g/mol. The Hall–Kier alpha value is -1.88. The highest BCUT2D eigenvalue weighted by Crippen LogP contribution is 2.32. The van der Waals surface area contributed by atoms with Gasteiger partial charge in [-0.3, -0.25) is 4.79 Å². The van der Waals surface area contributed by atoms with Crippen molar-refractivity contribution in [1.29, 1.82) is 0 Å². The van der Waals surface area contributed by atoms with Crippen LogP contribution in [0, 0.1) is 0 Å². The van der Waals surface area contributed by atoms with Crippen LogP contribution in [0.3, 0.4) is 0 Å². The first-order valence-electron chi connectivity index (χ1n) is 5.94. The zero-order chi connectivity index (χ0) is 15.8. The van der Waals surface area contributed by atoms with Crippen molar-refractivity contribution in [2.45, 2.75) is 19.1 Å². The highest BCUT2D eigenvalue weighted by Gasteiger charge is 2.35. The number of hydrogen-bond acceptors (Lipinski definition) is 2. The van der Waals surface area contributed by atoms with Gasteiger partial charge in [0.1, 0.15) is 6.29 Å². The molecule has 1 heterocycles. The van der Waals surface area contributed by atoms with Crippen molar-refractivity contribution in [3.05, 3.63) is 40.6 Å². The van der Waals surface area contributed by atoms with E-state index in [-0.39, 0.29) is 16.4 Å². The van der Waals surface area contributed by atoms with Gasteiger partial charge in [-0.15, -0.1) is 9.24 Å². The molecule has 2 N–H and O–H groups in total. The summed E-state index contributed by atoms with van der Waals surface area (Å²) in [6.45, 7) is 1.52. The van der Waals surface area contributed by atoms with E-state index >= 15 is 0 Å². The Morgan fingerprint density at radius 2 is 2.00 bits per heavy atom. The van der Waals surface area contributed by atoms with Gasteiger partial charge >= 0.3 is 12.2 Å². The maximum atomic E-state index is 12.9. The molecule has 0 bridgehead atoms. The summed E-state index contributed by atoms with van der Waals surface area (Å²) < 4.78 is 38.8. The number of alkyl halides is 3. The first-order valence-corrected chi connectivity index (χ1v) is 6.52. The highest BCUT2D eigenvalue weighted by atomic mass is 31.0. The number of urea groups is 1. The third-order valence-electron chi connectivity index (χ3n) is 3.20. The van der Waals surface area contributed by atoms with Crippen LogP contribution >= 0.6 is 9.24 Å². The predicted octanol–water partition coefficient (Wildman–Crippen LogP) is 2.03. The Morgan fingerprint density at radius 3 is 2.57 bits per heavy atom. The molecule has 2 amide bonds. The number of hydrogen-bond donors (Lipinski definition) is 2. The summed E-state index contributed by atoms with van der Waals surface area (Å²) in [7, 11) is 2.03. The quantitative estimate of drug-likeness (QED) is 0.648. The van der Waals surface area contributed by atoms with Crippen molar-refractivity contribution in [2.75, 3.05) is 0 Å². The smallest absolute Gasteiger partial charge is 0.327 e. The van der Waals surface area contributed by atoms with Crippen LogP contribution < -0.4 is 15.9 Å². The first-order chi connectivity index (χ1) is 9.75. The normalized spacial score (nSPS) is 19.1. The van der Waals surface area contributed by atoms with Crippen molar-refractivity contribution >= 4 is 26.9 Å². The molecule has 2 unspecified atom stereocenters. The van der Waals surface area contributed by atoms with Crippen molar-refractivity contribution in [2.24, 2.45) is 0 Å². The molecule has 112 valence electrons. The lowest BCUT2D eigenvalue weighted by atomic mass is 9.95. The molecule has 8 heteroatoms. The van der Waals surface area contributed by atoms with Crippen LogP contribution in [0.1, 0.15) is 24.1 Å². The minimum Gasteiger partial charge on any atom is -0.327 e. The Kier molecular flexibility index (Phi) is 4.05. The second-order valence-corrected chi connectivity index (χ2v) is 5.11. The Balaban J connectivity index is 2.59. The van der Waals surface area contributed by atoms with E-state index in [1.165, 1.54) is 19.1 Å². The van der Waals surface area contributed by atoms with Crippen molar-refractivity contribution in [3.63, 3.8) is 0 Å². The van der Waals surface area contributed by atoms with Gasteiger partial charge in [0.2, 0.25) is 0 Å². The van der Waals surface area contributed by atoms with Crippen LogP contribution in [-0.2, 0) is 11.0 Å². The molecule has 1 aliphatic rings. The van der Waals surface area contributed by atoms with Gasteiger partial charge in [-0.05, 0) is 23.9 Å². The molecule has 0 fully saturated rings. The van der Waals surface area contributed by atoms with Crippen molar-refractivity contribution in [3.8, 4) is 0 Å². The molecule has 0 saturated heterocycles. The lowest BCUT2D eigenvalue weighted by molar-refractivity contribution is -0.136. The number of carbonyl (C=O) groups excluding carboxylic acids is 2.